The van der Waals surface area contributed by atoms with Crippen molar-refractivity contribution in [1.82, 2.24) is 16.0 Å². The highest BCUT2D eigenvalue weighted by Gasteiger charge is 2.38. The van der Waals surface area contributed by atoms with E-state index in [1.54, 1.807) is 25.4 Å². The number of anilines is 1. The lowest BCUT2D eigenvalue weighted by Crippen LogP contribution is -2.46. The lowest BCUT2D eigenvalue weighted by atomic mass is 9.75. The fourth-order valence-corrected chi connectivity index (χ4v) is 3.59. The van der Waals surface area contributed by atoms with E-state index in [1.807, 2.05) is 16.1 Å². The van der Waals surface area contributed by atoms with E-state index in [0.717, 1.165) is 24.6 Å². The fraction of sp³-hybridized carbons (Fsp3) is 0.421. The van der Waals surface area contributed by atoms with Crippen molar-refractivity contribution in [1.29, 1.82) is 5.26 Å². The van der Waals surface area contributed by atoms with E-state index in [9.17, 15) is 13.2 Å². The van der Waals surface area contributed by atoms with Crippen LogP contribution in [0.4, 0.5) is 18.9 Å². The minimum atomic E-state index is -4.57. The Bertz CT molecular complexity index is 820. The van der Waals surface area contributed by atoms with Gasteiger partial charge in [-0.15, -0.1) is 5.53 Å². The van der Waals surface area contributed by atoms with Crippen LogP contribution in [0.15, 0.2) is 42.4 Å². The number of hydrazine groups is 2. The molecule has 0 saturated carbocycles. The molecule has 0 radical (unpaired) electrons. The summed E-state index contributed by atoms with van der Waals surface area (Å²) in [7, 11) is 1.79. The van der Waals surface area contributed by atoms with Crippen LogP contribution in [-0.2, 0) is 6.18 Å². The van der Waals surface area contributed by atoms with Gasteiger partial charge in [-0.05, 0) is 42.5 Å². The lowest BCUT2D eigenvalue weighted by Gasteiger charge is -2.44. The summed E-state index contributed by atoms with van der Waals surface area (Å²) in [6.07, 6.45) is 2.90. The van der Waals surface area contributed by atoms with Crippen molar-refractivity contribution in [3.63, 3.8) is 0 Å². The minimum absolute atomic E-state index is 0.105. The van der Waals surface area contributed by atoms with Gasteiger partial charge in [-0.1, -0.05) is 13.8 Å². The van der Waals surface area contributed by atoms with Crippen molar-refractivity contribution in [2.24, 2.45) is 5.41 Å². The lowest BCUT2D eigenvalue weighted by molar-refractivity contribution is -0.137. The van der Waals surface area contributed by atoms with Crippen LogP contribution in [-0.4, -0.2) is 18.1 Å². The van der Waals surface area contributed by atoms with Crippen molar-refractivity contribution in [2.45, 2.75) is 38.9 Å². The Morgan fingerprint density at radius 2 is 2.07 bits per heavy atom. The monoisotopic (exact) mass is 377 g/mol. The van der Waals surface area contributed by atoms with Crippen LogP contribution < -0.4 is 15.9 Å². The molecule has 0 aromatic heterocycles. The first kappa shape index (κ1) is 19.1. The summed E-state index contributed by atoms with van der Waals surface area (Å²) in [4.78, 5) is 1.85. The van der Waals surface area contributed by atoms with Gasteiger partial charge in [0.25, 0.3) is 0 Å². The molecule has 0 bridgehead atoms. The predicted molar refractivity (Wildman–Crippen MR) is 96.7 cm³/mol. The zero-order valence-electron chi connectivity index (χ0n) is 15.4. The second-order valence-electron chi connectivity index (χ2n) is 7.48. The Hall–Kier alpha value is -2.66. The molecule has 1 heterocycles. The predicted octanol–water partition coefficient (Wildman–Crippen LogP) is 3.88. The number of halogens is 3. The molecule has 27 heavy (non-hydrogen) atoms. The number of nitrogens with zero attached hydrogens (tertiary/aromatic N) is 3. The van der Waals surface area contributed by atoms with Crippen molar-refractivity contribution < 1.29 is 13.2 Å². The van der Waals surface area contributed by atoms with Gasteiger partial charge in [0, 0.05) is 30.8 Å². The maximum Gasteiger partial charge on any atom is 0.417 e. The molecule has 3 rings (SSSR count). The molecule has 1 atom stereocenters. The maximum absolute atomic E-state index is 13.3. The third-order valence-corrected chi connectivity index (χ3v) is 5.23. The maximum atomic E-state index is 13.3. The second kappa shape index (κ2) is 6.82. The molecule has 0 saturated heterocycles. The standard InChI is InChI=1S/C19H22F3N5/c1-18(2)7-6-15(27-9-8-24-25-27)11-17(18)26(3)14-5-4-13(12-23)16(10-14)19(20,21)22/h4-5,8-11,17,24-25H,6-7H2,1-3H3. The zero-order chi connectivity index (χ0) is 19.8. The molecule has 1 aliphatic heterocycles. The molecule has 1 aromatic rings. The molecule has 1 unspecified atom stereocenters. The third kappa shape index (κ3) is 3.74. The Labute approximate surface area is 156 Å². The van der Waals surface area contributed by atoms with Gasteiger partial charge >= 0.3 is 6.18 Å². The normalized spacial score (nSPS) is 21.4. The average molecular weight is 377 g/mol. The topological polar surface area (TPSA) is 54.3 Å². The molecule has 1 aliphatic carbocycles. The summed E-state index contributed by atoms with van der Waals surface area (Å²) in [5.41, 5.74) is 5.98. The number of alkyl halides is 3. The molecule has 0 spiro atoms. The molecule has 2 aliphatic rings. The zero-order valence-corrected chi connectivity index (χ0v) is 15.4. The van der Waals surface area contributed by atoms with Gasteiger partial charge in [-0.2, -0.15) is 18.4 Å². The van der Waals surface area contributed by atoms with E-state index in [2.05, 4.69) is 30.9 Å². The van der Waals surface area contributed by atoms with Crippen molar-refractivity contribution in [3.8, 4) is 6.07 Å². The van der Waals surface area contributed by atoms with Crippen LogP contribution in [0.2, 0.25) is 0 Å². The van der Waals surface area contributed by atoms with Crippen LogP contribution in [0.25, 0.3) is 0 Å². The Balaban J connectivity index is 1.97. The first-order valence-electron chi connectivity index (χ1n) is 8.65. The molecule has 1 aromatic carbocycles. The Kier molecular flexibility index (Phi) is 4.82. The number of allylic oxidation sites excluding steroid dienone is 1. The molecule has 0 fully saturated rings. The summed E-state index contributed by atoms with van der Waals surface area (Å²) in [5.74, 6) is 0. The molecular weight excluding hydrogens is 355 g/mol. The summed E-state index contributed by atoms with van der Waals surface area (Å²) in [5, 5.41) is 10.9. The van der Waals surface area contributed by atoms with Crippen molar-refractivity contribution in [3.05, 3.63) is 53.5 Å². The van der Waals surface area contributed by atoms with Gasteiger partial charge in [0.1, 0.15) is 0 Å². The largest absolute Gasteiger partial charge is 0.417 e. The molecule has 8 heteroatoms. The first-order chi connectivity index (χ1) is 12.6. The van der Waals surface area contributed by atoms with Crippen molar-refractivity contribution in [2.75, 3.05) is 11.9 Å². The van der Waals surface area contributed by atoms with Crippen LogP contribution in [0, 0.1) is 16.7 Å². The number of hydrogen-bond acceptors (Lipinski definition) is 5. The van der Waals surface area contributed by atoms with Crippen LogP contribution in [0.5, 0.6) is 0 Å². The Morgan fingerprint density at radius 1 is 1.33 bits per heavy atom. The molecule has 144 valence electrons. The van der Waals surface area contributed by atoms with Gasteiger partial charge in [0.15, 0.2) is 0 Å². The fourth-order valence-electron chi connectivity index (χ4n) is 3.59. The smallest absolute Gasteiger partial charge is 0.368 e. The third-order valence-electron chi connectivity index (χ3n) is 5.23. The summed E-state index contributed by atoms with van der Waals surface area (Å²) in [6, 6.07) is 5.40. The molecular formula is C19H22F3N5. The molecule has 5 nitrogen and oxygen atoms in total. The highest BCUT2D eigenvalue weighted by atomic mass is 19.4. The second-order valence-corrected chi connectivity index (χ2v) is 7.48. The van der Waals surface area contributed by atoms with Gasteiger partial charge in [0.05, 0.1) is 23.2 Å². The number of likely N-dealkylation sites (N-methyl/N-ethyl adjacent to an activating group) is 1. The summed E-state index contributed by atoms with van der Waals surface area (Å²) in [6.45, 7) is 4.22. The SMILES string of the molecule is CN(c1ccc(C#N)c(C(F)(F)F)c1)C1C=C(N2C=CNN2)CCC1(C)C. The van der Waals surface area contributed by atoms with E-state index in [-0.39, 0.29) is 17.0 Å². The number of nitrogens with one attached hydrogen (secondary N) is 2. The van der Waals surface area contributed by atoms with Crippen LogP contribution in [0.1, 0.15) is 37.8 Å². The van der Waals surface area contributed by atoms with E-state index >= 15 is 0 Å². The summed E-state index contributed by atoms with van der Waals surface area (Å²) >= 11 is 0. The van der Waals surface area contributed by atoms with Gasteiger partial charge in [-0.25, -0.2) is 0 Å². The molecule has 0 amide bonds. The van der Waals surface area contributed by atoms with Gasteiger partial charge in [0.2, 0.25) is 0 Å². The van der Waals surface area contributed by atoms with Crippen molar-refractivity contribution >= 4 is 5.69 Å². The average Bonchev–Trinajstić information content (AvgIpc) is 3.14. The molecule has 2 N–H and O–H groups in total. The van der Waals surface area contributed by atoms with E-state index in [0.29, 0.717) is 5.69 Å². The number of nitriles is 1. The number of benzene rings is 1. The minimum Gasteiger partial charge on any atom is -0.368 e. The quantitative estimate of drug-likeness (QED) is 0.837. The summed E-state index contributed by atoms with van der Waals surface area (Å²) < 4.78 is 40.0. The van der Waals surface area contributed by atoms with Gasteiger partial charge in [-0.3, -0.25) is 5.01 Å². The van der Waals surface area contributed by atoms with Gasteiger partial charge < -0.3 is 10.3 Å². The van der Waals surface area contributed by atoms with E-state index in [4.69, 9.17) is 5.26 Å². The van der Waals surface area contributed by atoms with E-state index in [1.165, 1.54) is 6.07 Å². The Morgan fingerprint density at radius 3 is 2.67 bits per heavy atom. The number of rotatable bonds is 3. The first-order valence-corrected chi connectivity index (χ1v) is 8.65. The highest BCUT2D eigenvalue weighted by molar-refractivity contribution is 5.56. The highest BCUT2D eigenvalue weighted by Crippen LogP contribution is 2.41. The van der Waals surface area contributed by atoms with Crippen LogP contribution >= 0.6 is 0 Å². The number of hydrogen-bond donors (Lipinski definition) is 2. The van der Waals surface area contributed by atoms with E-state index < -0.39 is 11.7 Å². The van der Waals surface area contributed by atoms with Crippen LogP contribution in [0.3, 0.4) is 0 Å².